The third kappa shape index (κ3) is 2.98. The first kappa shape index (κ1) is 14.9. The van der Waals surface area contributed by atoms with Crippen LogP contribution in [0.25, 0.3) is 0 Å². The predicted octanol–water partition coefficient (Wildman–Crippen LogP) is 5.33. The van der Waals surface area contributed by atoms with Crippen LogP contribution < -0.4 is 0 Å². The van der Waals surface area contributed by atoms with Gasteiger partial charge >= 0.3 is 0 Å². The maximum absolute atomic E-state index is 12.5. The van der Waals surface area contributed by atoms with Gasteiger partial charge in [-0.1, -0.05) is 29.3 Å². The molecule has 1 aromatic carbocycles. The first-order valence-corrected chi connectivity index (χ1v) is 8.12. The summed E-state index contributed by atoms with van der Waals surface area (Å²) in [5, 5.41) is 1.03. The fourth-order valence-electron chi connectivity index (χ4n) is 2.65. The number of amides is 1. The zero-order chi connectivity index (χ0) is 15.0. The second-order valence-electron chi connectivity index (χ2n) is 4.93. The van der Waals surface area contributed by atoms with Gasteiger partial charge in [-0.25, -0.2) is 0 Å². The molecule has 0 bridgehead atoms. The molecule has 1 fully saturated rings. The highest BCUT2D eigenvalue weighted by atomic mass is 79.9. The number of rotatable bonds is 2. The van der Waals surface area contributed by atoms with Crippen LogP contribution in [0.4, 0.5) is 0 Å². The molecule has 110 valence electrons. The molecule has 3 rings (SSSR count). The summed E-state index contributed by atoms with van der Waals surface area (Å²) in [7, 11) is 0. The summed E-state index contributed by atoms with van der Waals surface area (Å²) < 4.78 is 5.92. The van der Waals surface area contributed by atoms with Crippen molar-refractivity contribution >= 4 is 45.0 Å². The van der Waals surface area contributed by atoms with Crippen molar-refractivity contribution in [3.05, 3.63) is 56.4 Å². The van der Waals surface area contributed by atoms with Gasteiger partial charge < -0.3 is 9.32 Å². The Morgan fingerprint density at radius 2 is 2.05 bits per heavy atom. The van der Waals surface area contributed by atoms with Gasteiger partial charge in [0, 0.05) is 6.54 Å². The van der Waals surface area contributed by atoms with E-state index in [-0.39, 0.29) is 11.9 Å². The average Bonchev–Trinajstić information content (AvgIpc) is 3.10. The van der Waals surface area contributed by atoms with Gasteiger partial charge in [0.25, 0.3) is 5.91 Å². The molecule has 1 aliphatic rings. The molecule has 0 spiro atoms. The van der Waals surface area contributed by atoms with Crippen LogP contribution in [-0.4, -0.2) is 17.4 Å². The molecule has 0 aliphatic carbocycles. The number of hydrogen-bond donors (Lipinski definition) is 0. The zero-order valence-electron chi connectivity index (χ0n) is 11.0. The van der Waals surface area contributed by atoms with Gasteiger partial charge in [-0.3, -0.25) is 4.79 Å². The molecule has 0 radical (unpaired) electrons. The fourth-order valence-corrected chi connectivity index (χ4v) is 3.26. The quantitative estimate of drug-likeness (QED) is 0.696. The van der Waals surface area contributed by atoms with Gasteiger partial charge in [-0.15, -0.1) is 0 Å². The molecule has 2 aromatic rings. The van der Waals surface area contributed by atoms with E-state index in [1.807, 2.05) is 17.0 Å². The van der Waals surface area contributed by atoms with E-state index in [2.05, 4.69) is 15.9 Å². The third-order valence-corrected chi connectivity index (χ3v) is 4.79. The number of carbonyl (C=O) groups excluding carboxylic acids is 1. The molecule has 1 atom stereocenters. The van der Waals surface area contributed by atoms with E-state index in [0.29, 0.717) is 27.0 Å². The minimum Gasteiger partial charge on any atom is -0.444 e. The maximum Gasteiger partial charge on any atom is 0.290 e. The van der Waals surface area contributed by atoms with Gasteiger partial charge in [0.15, 0.2) is 10.4 Å². The number of likely N-dealkylation sites (tertiary alicyclic amines) is 1. The Morgan fingerprint density at radius 3 is 2.71 bits per heavy atom. The number of nitrogens with zero attached hydrogens (tertiary/aromatic N) is 1. The SMILES string of the molecule is O=C(c1ccc(Br)o1)N1CCCC1c1ccc(Cl)c(Cl)c1. The van der Waals surface area contributed by atoms with E-state index >= 15 is 0 Å². The largest absolute Gasteiger partial charge is 0.444 e. The number of furan rings is 1. The van der Waals surface area contributed by atoms with Crippen molar-refractivity contribution in [3.63, 3.8) is 0 Å². The summed E-state index contributed by atoms with van der Waals surface area (Å²) in [4.78, 5) is 14.4. The summed E-state index contributed by atoms with van der Waals surface area (Å²) in [5.74, 6) is 0.239. The predicted molar refractivity (Wildman–Crippen MR) is 85.9 cm³/mol. The third-order valence-electron chi connectivity index (χ3n) is 3.63. The lowest BCUT2D eigenvalue weighted by Gasteiger charge is -2.24. The number of halogens is 3. The highest BCUT2D eigenvalue weighted by Crippen LogP contribution is 2.36. The lowest BCUT2D eigenvalue weighted by Crippen LogP contribution is -2.30. The lowest BCUT2D eigenvalue weighted by atomic mass is 10.0. The van der Waals surface area contributed by atoms with Crippen LogP contribution in [0.3, 0.4) is 0 Å². The summed E-state index contributed by atoms with van der Waals surface area (Å²) in [6, 6.07) is 8.93. The smallest absolute Gasteiger partial charge is 0.290 e. The number of carbonyl (C=O) groups is 1. The summed E-state index contributed by atoms with van der Waals surface area (Å²) in [6.45, 7) is 0.710. The first-order valence-electron chi connectivity index (χ1n) is 6.57. The molecular formula is C15H12BrCl2NO2. The summed E-state index contributed by atoms with van der Waals surface area (Å²) in [6.07, 6.45) is 1.87. The molecule has 1 aliphatic heterocycles. The Kier molecular flexibility index (Phi) is 4.29. The Balaban J connectivity index is 1.88. The van der Waals surface area contributed by atoms with E-state index < -0.39 is 0 Å². The van der Waals surface area contributed by atoms with Crippen LogP contribution in [0.1, 0.15) is 35.0 Å². The van der Waals surface area contributed by atoms with Crippen molar-refractivity contribution < 1.29 is 9.21 Å². The van der Waals surface area contributed by atoms with Gasteiger partial charge in [0.1, 0.15) is 0 Å². The van der Waals surface area contributed by atoms with E-state index in [1.165, 1.54) is 0 Å². The minimum absolute atomic E-state index is 0.0103. The van der Waals surface area contributed by atoms with Crippen LogP contribution in [0, 0.1) is 0 Å². The van der Waals surface area contributed by atoms with E-state index in [1.54, 1.807) is 18.2 Å². The second-order valence-corrected chi connectivity index (χ2v) is 6.53. The van der Waals surface area contributed by atoms with Crippen LogP contribution in [0.5, 0.6) is 0 Å². The van der Waals surface area contributed by atoms with Crippen LogP contribution in [0.2, 0.25) is 10.0 Å². The van der Waals surface area contributed by atoms with E-state index in [9.17, 15) is 4.79 Å². The van der Waals surface area contributed by atoms with Crippen LogP contribution in [0.15, 0.2) is 39.4 Å². The molecule has 0 saturated carbocycles. The second kappa shape index (κ2) is 6.03. The summed E-state index contributed by atoms with van der Waals surface area (Å²) in [5.41, 5.74) is 1.00. The molecule has 1 saturated heterocycles. The van der Waals surface area contributed by atoms with Gasteiger partial charge in [-0.2, -0.15) is 0 Å². The highest BCUT2D eigenvalue weighted by Gasteiger charge is 2.32. The molecular weight excluding hydrogens is 377 g/mol. The molecule has 21 heavy (non-hydrogen) atoms. The normalized spacial score (nSPS) is 18.2. The Bertz CT molecular complexity index is 686. The molecule has 1 amide bonds. The average molecular weight is 389 g/mol. The van der Waals surface area contributed by atoms with Gasteiger partial charge in [0.2, 0.25) is 0 Å². The maximum atomic E-state index is 12.5. The fraction of sp³-hybridized carbons (Fsp3) is 0.267. The Morgan fingerprint density at radius 1 is 1.24 bits per heavy atom. The standard InChI is InChI=1S/C15H12BrCl2NO2/c16-14-6-5-13(21-14)15(20)19-7-1-2-12(19)9-3-4-10(17)11(18)8-9/h3-6,8,12H,1-2,7H2. The van der Waals surface area contributed by atoms with Crippen molar-refractivity contribution in [2.24, 2.45) is 0 Å². The van der Waals surface area contributed by atoms with Crippen molar-refractivity contribution in [1.29, 1.82) is 0 Å². The van der Waals surface area contributed by atoms with E-state index in [0.717, 1.165) is 18.4 Å². The van der Waals surface area contributed by atoms with Crippen LogP contribution >= 0.6 is 39.1 Å². The van der Waals surface area contributed by atoms with E-state index in [4.69, 9.17) is 27.6 Å². The first-order chi connectivity index (χ1) is 10.1. The van der Waals surface area contributed by atoms with Crippen molar-refractivity contribution in [2.75, 3.05) is 6.54 Å². The molecule has 1 unspecified atom stereocenters. The van der Waals surface area contributed by atoms with Gasteiger partial charge in [0.05, 0.1) is 16.1 Å². The number of hydrogen-bond acceptors (Lipinski definition) is 2. The molecule has 3 nitrogen and oxygen atoms in total. The van der Waals surface area contributed by atoms with Crippen molar-refractivity contribution in [2.45, 2.75) is 18.9 Å². The Hall–Kier alpha value is -0.970. The van der Waals surface area contributed by atoms with Crippen molar-refractivity contribution in [3.8, 4) is 0 Å². The zero-order valence-corrected chi connectivity index (χ0v) is 14.1. The monoisotopic (exact) mass is 387 g/mol. The molecule has 1 aromatic heterocycles. The molecule has 0 N–H and O–H groups in total. The topological polar surface area (TPSA) is 33.5 Å². The molecule has 6 heteroatoms. The number of benzene rings is 1. The summed E-state index contributed by atoms with van der Waals surface area (Å²) >= 11 is 15.2. The molecule has 2 heterocycles. The van der Waals surface area contributed by atoms with Crippen LogP contribution in [-0.2, 0) is 0 Å². The van der Waals surface area contributed by atoms with Gasteiger partial charge in [-0.05, 0) is 58.6 Å². The Labute approximate surface area is 140 Å². The minimum atomic E-state index is -0.103. The van der Waals surface area contributed by atoms with Crippen molar-refractivity contribution in [1.82, 2.24) is 4.90 Å². The lowest BCUT2D eigenvalue weighted by molar-refractivity contribution is 0.0702. The highest BCUT2D eigenvalue weighted by molar-refractivity contribution is 9.10.